The highest BCUT2D eigenvalue weighted by Crippen LogP contribution is 2.34. The minimum absolute atomic E-state index is 0.441. The second kappa shape index (κ2) is 6.95. The first-order chi connectivity index (χ1) is 12.0. The van der Waals surface area contributed by atoms with E-state index in [1.54, 1.807) is 11.3 Å². The van der Waals surface area contributed by atoms with Gasteiger partial charge in [-0.2, -0.15) is 0 Å². The summed E-state index contributed by atoms with van der Waals surface area (Å²) in [6.07, 6.45) is 4.96. The molecule has 0 amide bonds. The third kappa shape index (κ3) is 3.75. The number of fused-ring (bicyclic) bond motifs is 1. The smallest absolute Gasteiger partial charge is 0.127 e. The number of aliphatic hydroxyl groups is 1. The summed E-state index contributed by atoms with van der Waals surface area (Å²) >= 11 is 1.64. The number of piperidine rings is 1. The van der Waals surface area contributed by atoms with Crippen molar-refractivity contribution < 1.29 is 5.11 Å². The van der Waals surface area contributed by atoms with Crippen LogP contribution in [-0.4, -0.2) is 41.2 Å². The predicted octanol–water partition coefficient (Wildman–Crippen LogP) is 3.66. The molecule has 3 heterocycles. The lowest BCUT2D eigenvalue weighted by molar-refractivity contribution is 0.0227. The Labute approximate surface area is 154 Å². The fraction of sp³-hybridized carbons (Fsp3) is 0.650. The molecule has 2 aromatic rings. The minimum Gasteiger partial charge on any atom is -0.382 e. The molecule has 0 bridgehead atoms. The zero-order valence-electron chi connectivity index (χ0n) is 15.3. The van der Waals surface area contributed by atoms with Gasteiger partial charge in [-0.3, -0.25) is 0 Å². The summed E-state index contributed by atoms with van der Waals surface area (Å²) in [5.74, 6) is 0.770. The summed E-state index contributed by atoms with van der Waals surface area (Å²) in [6.45, 7) is 8.18. The lowest BCUT2D eigenvalue weighted by Crippen LogP contribution is -2.37. The van der Waals surface area contributed by atoms with E-state index in [-0.39, 0.29) is 0 Å². The summed E-state index contributed by atoms with van der Waals surface area (Å²) < 4.78 is 1.17. The molecule has 25 heavy (non-hydrogen) atoms. The van der Waals surface area contributed by atoms with E-state index >= 15 is 0 Å². The molecule has 0 aliphatic carbocycles. The largest absolute Gasteiger partial charge is 0.382 e. The van der Waals surface area contributed by atoms with Crippen LogP contribution >= 0.6 is 11.3 Å². The molecule has 2 saturated heterocycles. The van der Waals surface area contributed by atoms with Gasteiger partial charge in [0, 0.05) is 12.6 Å². The zero-order chi connectivity index (χ0) is 17.4. The molecule has 0 unspecified atom stereocenters. The molecule has 136 valence electrons. The van der Waals surface area contributed by atoms with Crippen LogP contribution in [0.1, 0.15) is 56.1 Å². The third-order valence-electron chi connectivity index (χ3n) is 5.67. The van der Waals surface area contributed by atoms with Gasteiger partial charge in [-0.25, -0.2) is 4.98 Å². The van der Waals surface area contributed by atoms with Gasteiger partial charge in [-0.1, -0.05) is 13.0 Å². The van der Waals surface area contributed by atoms with E-state index in [4.69, 9.17) is 4.98 Å². The molecule has 2 fully saturated rings. The Balaban J connectivity index is 1.55. The van der Waals surface area contributed by atoms with Gasteiger partial charge < -0.3 is 15.3 Å². The number of rotatable bonds is 4. The number of benzene rings is 1. The number of likely N-dealkylation sites (tertiary alicyclic amines) is 1. The number of hydrogen-bond acceptors (Lipinski definition) is 5. The molecule has 2 aliphatic heterocycles. The van der Waals surface area contributed by atoms with Crippen molar-refractivity contribution in [1.29, 1.82) is 0 Å². The lowest BCUT2D eigenvalue weighted by atomic mass is 9.92. The Morgan fingerprint density at radius 1 is 1.32 bits per heavy atom. The normalized spacial score (nSPS) is 27.6. The first-order valence-corrected chi connectivity index (χ1v) is 10.4. The van der Waals surface area contributed by atoms with Crippen LogP contribution in [0.3, 0.4) is 0 Å². The predicted molar refractivity (Wildman–Crippen MR) is 104 cm³/mol. The molecule has 2 N–H and O–H groups in total. The second-order valence-corrected chi connectivity index (χ2v) is 9.18. The number of thiazole rings is 1. The van der Waals surface area contributed by atoms with Crippen molar-refractivity contribution in [2.45, 2.75) is 51.2 Å². The van der Waals surface area contributed by atoms with Crippen LogP contribution < -0.4 is 5.32 Å². The van der Waals surface area contributed by atoms with Gasteiger partial charge in [0.15, 0.2) is 0 Å². The number of β-amino-alcohol motifs (C(OH)–C–C–N with tert-alkyl or cyclic N) is 1. The van der Waals surface area contributed by atoms with Crippen LogP contribution in [0.25, 0.3) is 10.2 Å². The SMILES string of the molecule is C[C@H]1CC[C@H](c2ccc3sc([C@](C)(O)CN4CCCC4)nc3c2)NC1. The fourth-order valence-electron chi connectivity index (χ4n) is 4.12. The molecule has 1 aromatic heterocycles. The van der Waals surface area contributed by atoms with Crippen molar-refractivity contribution >= 4 is 21.6 Å². The number of hydrogen-bond donors (Lipinski definition) is 2. The van der Waals surface area contributed by atoms with Crippen LogP contribution in [0.5, 0.6) is 0 Å². The topological polar surface area (TPSA) is 48.4 Å². The fourth-order valence-corrected chi connectivity index (χ4v) is 5.10. The molecular formula is C20H29N3OS. The van der Waals surface area contributed by atoms with Crippen molar-refractivity contribution in [2.24, 2.45) is 5.92 Å². The average molecular weight is 360 g/mol. The first kappa shape index (κ1) is 17.4. The van der Waals surface area contributed by atoms with Crippen LogP contribution in [0.2, 0.25) is 0 Å². The maximum Gasteiger partial charge on any atom is 0.127 e. The van der Waals surface area contributed by atoms with Gasteiger partial charge in [0.2, 0.25) is 0 Å². The molecule has 2 aliphatic rings. The third-order valence-corrected chi connectivity index (χ3v) is 6.96. The lowest BCUT2D eigenvalue weighted by Gasteiger charge is -2.28. The van der Waals surface area contributed by atoms with Gasteiger partial charge in [-0.05, 0) is 75.9 Å². The van der Waals surface area contributed by atoms with Crippen LogP contribution in [0.4, 0.5) is 0 Å². The van der Waals surface area contributed by atoms with Crippen molar-refractivity contribution in [2.75, 3.05) is 26.2 Å². The zero-order valence-corrected chi connectivity index (χ0v) is 16.1. The Morgan fingerprint density at radius 2 is 2.12 bits per heavy atom. The highest BCUT2D eigenvalue weighted by atomic mass is 32.1. The molecule has 4 nitrogen and oxygen atoms in total. The summed E-state index contributed by atoms with van der Waals surface area (Å²) in [5, 5.41) is 15.5. The average Bonchev–Trinajstić information content (AvgIpc) is 3.24. The van der Waals surface area contributed by atoms with E-state index in [2.05, 4.69) is 35.3 Å². The standard InChI is InChI=1S/C20H29N3OS/c1-14-5-7-16(21-12-14)15-6-8-18-17(11-15)22-19(25-18)20(2,24)13-23-9-3-4-10-23/h6,8,11,14,16,21,24H,3-5,7,9-10,12-13H2,1-2H3/t14-,16+,20+/m0/s1. The van der Waals surface area contributed by atoms with Gasteiger partial charge in [0.1, 0.15) is 10.6 Å². The second-order valence-electron chi connectivity index (χ2n) is 8.15. The highest BCUT2D eigenvalue weighted by molar-refractivity contribution is 7.18. The maximum atomic E-state index is 11.0. The van der Waals surface area contributed by atoms with Gasteiger partial charge in [-0.15, -0.1) is 11.3 Å². The summed E-state index contributed by atoms with van der Waals surface area (Å²) in [4.78, 5) is 7.16. The van der Waals surface area contributed by atoms with Crippen LogP contribution in [0, 0.1) is 5.92 Å². The van der Waals surface area contributed by atoms with E-state index in [1.807, 2.05) is 6.92 Å². The molecule has 0 saturated carbocycles. The van der Waals surface area contributed by atoms with E-state index < -0.39 is 5.60 Å². The number of nitrogens with one attached hydrogen (secondary N) is 1. The van der Waals surface area contributed by atoms with E-state index in [0.717, 1.165) is 36.1 Å². The van der Waals surface area contributed by atoms with Gasteiger partial charge in [0.05, 0.1) is 10.2 Å². The Morgan fingerprint density at radius 3 is 2.84 bits per heavy atom. The van der Waals surface area contributed by atoms with Crippen LogP contribution in [0.15, 0.2) is 18.2 Å². The highest BCUT2D eigenvalue weighted by Gasteiger charge is 2.31. The molecule has 1 aromatic carbocycles. The number of aromatic nitrogens is 1. The maximum absolute atomic E-state index is 11.0. The molecular weight excluding hydrogens is 330 g/mol. The van der Waals surface area contributed by atoms with Crippen molar-refractivity contribution in [3.8, 4) is 0 Å². The van der Waals surface area contributed by atoms with Crippen molar-refractivity contribution in [3.05, 3.63) is 28.8 Å². The van der Waals surface area contributed by atoms with Crippen molar-refractivity contribution in [1.82, 2.24) is 15.2 Å². The van der Waals surface area contributed by atoms with Crippen molar-refractivity contribution in [3.63, 3.8) is 0 Å². The first-order valence-electron chi connectivity index (χ1n) is 9.60. The minimum atomic E-state index is -0.868. The Bertz CT molecular complexity index is 728. The molecule has 5 heteroatoms. The Hall–Kier alpha value is -1.01. The molecule has 0 spiro atoms. The van der Waals surface area contributed by atoms with E-state index in [0.29, 0.717) is 12.6 Å². The quantitative estimate of drug-likeness (QED) is 0.875. The molecule has 4 rings (SSSR count). The van der Waals surface area contributed by atoms with Gasteiger partial charge >= 0.3 is 0 Å². The molecule has 0 radical (unpaired) electrons. The summed E-state index contributed by atoms with van der Waals surface area (Å²) in [6, 6.07) is 7.07. The van der Waals surface area contributed by atoms with E-state index in [9.17, 15) is 5.11 Å². The summed E-state index contributed by atoms with van der Waals surface area (Å²) in [7, 11) is 0. The summed E-state index contributed by atoms with van der Waals surface area (Å²) in [5.41, 5.74) is 1.49. The van der Waals surface area contributed by atoms with Crippen LogP contribution in [-0.2, 0) is 5.60 Å². The molecule has 3 atom stereocenters. The number of nitrogens with zero attached hydrogens (tertiary/aromatic N) is 2. The monoisotopic (exact) mass is 359 g/mol. The Kier molecular flexibility index (Phi) is 4.84. The van der Waals surface area contributed by atoms with E-state index in [1.165, 1.54) is 35.9 Å². The van der Waals surface area contributed by atoms with Gasteiger partial charge in [0.25, 0.3) is 0 Å².